The monoisotopic (exact) mass is 376 g/mol. The van der Waals surface area contributed by atoms with Crippen LogP contribution in [0.25, 0.3) is 11.3 Å². The normalized spacial score (nSPS) is 14.8. The number of benzene rings is 2. The second-order valence-corrected chi connectivity index (χ2v) is 6.98. The first-order valence-corrected chi connectivity index (χ1v) is 9.52. The zero-order valence-corrected chi connectivity index (χ0v) is 16.0. The van der Waals surface area contributed by atoms with E-state index >= 15 is 0 Å². The number of amides is 1. The Kier molecular flexibility index (Phi) is 5.39. The molecule has 4 rings (SSSR count). The molecule has 1 aliphatic rings. The number of oxazole rings is 1. The summed E-state index contributed by atoms with van der Waals surface area (Å²) < 4.78 is 5.93. The van der Waals surface area contributed by atoms with Gasteiger partial charge in [0, 0.05) is 50.0 Å². The second kappa shape index (κ2) is 8.27. The Labute approximate surface area is 164 Å². The molecule has 0 atom stereocenters. The van der Waals surface area contributed by atoms with E-state index in [-0.39, 0.29) is 5.91 Å². The maximum atomic E-state index is 11.1. The molecule has 1 saturated heterocycles. The van der Waals surface area contributed by atoms with E-state index in [2.05, 4.69) is 32.2 Å². The van der Waals surface area contributed by atoms with Crippen molar-refractivity contribution in [2.45, 2.75) is 13.5 Å². The number of aromatic nitrogens is 1. The summed E-state index contributed by atoms with van der Waals surface area (Å²) >= 11 is 0. The van der Waals surface area contributed by atoms with Crippen molar-refractivity contribution < 1.29 is 9.21 Å². The van der Waals surface area contributed by atoms with E-state index in [9.17, 15) is 4.79 Å². The minimum atomic E-state index is -0.0525. The number of carbonyl (C=O) groups is 1. The average molecular weight is 376 g/mol. The highest BCUT2D eigenvalue weighted by atomic mass is 16.4. The van der Waals surface area contributed by atoms with Gasteiger partial charge >= 0.3 is 0 Å². The van der Waals surface area contributed by atoms with Gasteiger partial charge in [0.25, 0.3) is 0 Å². The third-order valence-corrected chi connectivity index (χ3v) is 4.90. The van der Waals surface area contributed by atoms with Crippen LogP contribution in [0.2, 0.25) is 0 Å². The highest BCUT2D eigenvalue weighted by Crippen LogP contribution is 2.22. The number of nitrogens with one attached hydrogen (secondary N) is 1. The number of anilines is 2. The van der Waals surface area contributed by atoms with E-state index in [1.807, 2.05) is 42.5 Å². The van der Waals surface area contributed by atoms with Crippen LogP contribution in [-0.2, 0) is 11.3 Å². The van der Waals surface area contributed by atoms with Gasteiger partial charge in [-0.15, -0.1) is 0 Å². The van der Waals surface area contributed by atoms with Gasteiger partial charge in [-0.25, -0.2) is 4.98 Å². The Bertz CT molecular complexity index is 913. The summed E-state index contributed by atoms with van der Waals surface area (Å²) in [4.78, 5) is 20.3. The zero-order chi connectivity index (χ0) is 19.3. The molecule has 0 unspecified atom stereocenters. The predicted molar refractivity (Wildman–Crippen MR) is 110 cm³/mol. The van der Waals surface area contributed by atoms with Crippen LogP contribution in [-0.4, -0.2) is 42.0 Å². The Morgan fingerprint density at radius 2 is 1.75 bits per heavy atom. The van der Waals surface area contributed by atoms with Crippen LogP contribution >= 0.6 is 0 Å². The minimum Gasteiger partial charge on any atom is -0.439 e. The molecule has 3 aromatic rings. The summed E-state index contributed by atoms with van der Waals surface area (Å²) in [5.74, 6) is 1.52. The van der Waals surface area contributed by atoms with Gasteiger partial charge in [-0.1, -0.05) is 30.3 Å². The van der Waals surface area contributed by atoms with Crippen molar-refractivity contribution in [3.05, 3.63) is 66.7 Å². The smallest absolute Gasteiger partial charge is 0.221 e. The molecule has 6 heteroatoms. The molecule has 0 aliphatic carbocycles. The fourth-order valence-corrected chi connectivity index (χ4v) is 3.43. The van der Waals surface area contributed by atoms with Crippen LogP contribution in [0.3, 0.4) is 0 Å². The van der Waals surface area contributed by atoms with E-state index in [4.69, 9.17) is 4.42 Å². The number of nitrogens with zero attached hydrogens (tertiary/aromatic N) is 3. The minimum absolute atomic E-state index is 0.0525. The van der Waals surface area contributed by atoms with Crippen LogP contribution in [0.5, 0.6) is 0 Å². The highest BCUT2D eigenvalue weighted by molar-refractivity contribution is 5.88. The van der Waals surface area contributed by atoms with Gasteiger partial charge in [-0.2, -0.15) is 0 Å². The molecule has 1 N–H and O–H groups in total. The van der Waals surface area contributed by atoms with Crippen molar-refractivity contribution in [2.75, 3.05) is 36.4 Å². The molecule has 1 amide bonds. The van der Waals surface area contributed by atoms with E-state index < -0.39 is 0 Å². The standard InChI is InChI=1S/C22H24N4O2/c1-17(27)24-19-7-9-20(10-8-19)26-13-11-25(12-14-26)16-22-23-15-21(28-22)18-5-3-2-4-6-18/h2-10,15H,11-14,16H2,1H3,(H,24,27). The molecule has 6 nitrogen and oxygen atoms in total. The van der Waals surface area contributed by atoms with Gasteiger partial charge < -0.3 is 14.6 Å². The Morgan fingerprint density at radius 1 is 1.04 bits per heavy atom. The van der Waals surface area contributed by atoms with Gasteiger partial charge in [-0.3, -0.25) is 9.69 Å². The first-order chi connectivity index (χ1) is 13.7. The molecule has 1 aromatic heterocycles. The Morgan fingerprint density at radius 3 is 2.43 bits per heavy atom. The summed E-state index contributed by atoms with van der Waals surface area (Å²) in [6.07, 6.45) is 1.80. The molecule has 1 fully saturated rings. The van der Waals surface area contributed by atoms with Gasteiger partial charge in [0.05, 0.1) is 12.7 Å². The predicted octanol–water partition coefficient (Wildman–Crippen LogP) is 3.62. The Balaban J connectivity index is 1.31. The first-order valence-electron chi connectivity index (χ1n) is 9.52. The lowest BCUT2D eigenvalue weighted by Gasteiger charge is -2.35. The summed E-state index contributed by atoms with van der Waals surface area (Å²) in [6.45, 7) is 6.05. The van der Waals surface area contributed by atoms with Crippen LogP contribution in [0.4, 0.5) is 11.4 Å². The molecule has 28 heavy (non-hydrogen) atoms. The van der Waals surface area contributed by atoms with Crippen molar-refractivity contribution in [1.82, 2.24) is 9.88 Å². The number of hydrogen-bond acceptors (Lipinski definition) is 5. The van der Waals surface area contributed by atoms with Crippen LogP contribution in [0.1, 0.15) is 12.8 Å². The van der Waals surface area contributed by atoms with Gasteiger partial charge in [0.1, 0.15) is 0 Å². The van der Waals surface area contributed by atoms with E-state index in [1.165, 1.54) is 12.6 Å². The second-order valence-electron chi connectivity index (χ2n) is 6.98. The maximum Gasteiger partial charge on any atom is 0.221 e. The molecule has 0 radical (unpaired) electrons. The molecular formula is C22H24N4O2. The highest BCUT2D eigenvalue weighted by Gasteiger charge is 2.19. The van der Waals surface area contributed by atoms with E-state index in [1.54, 1.807) is 6.20 Å². The summed E-state index contributed by atoms with van der Waals surface area (Å²) in [7, 11) is 0. The molecule has 2 heterocycles. The van der Waals surface area contributed by atoms with Crippen molar-refractivity contribution in [2.24, 2.45) is 0 Å². The van der Waals surface area contributed by atoms with Crippen LogP contribution < -0.4 is 10.2 Å². The number of hydrogen-bond donors (Lipinski definition) is 1. The maximum absolute atomic E-state index is 11.1. The third-order valence-electron chi connectivity index (χ3n) is 4.90. The molecule has 144 valence electrons. The van der Waals surface area contributed by atoms with E-state index in [0.29, 0.717) is 0 Å². The number of carbonyl (C=O) groups excluding carboxylic acids is 1. The molecular weight excluding hydrogens is 352 g/mol. The van der Waals surface area contributed by atoms with Gasteiger partial charge in [-0.05, 0) is 24.3 Å². The fourth-order valence-electron chi connectivity index (χ4n) is 3.43. The van der Waals surface area contributed by atoms with Crippen molar-refractivity contribution in [1.29, 1.82) is 0 Å². The lowest BCUT2D eigenvalue weighted by molar-refractivity contribution is -0.114. The summed E-state index contributed by atoms with van der Waals surface area (Å²) in [5, 5.41) is 2.80. The largest absolute Gasteiger partial charge is 0.439 e. The summed E-state index contributed by atoms with van der Waals surface area (Å²) in [5.41, 5.74) is 3.05. The van der Waals surface area contributed by atoms with Crippen molar-refractivity contribution in [3.8, 4) is 11.3 Å². The first kappa shape index (κ1) is 18.3. The fraction of sp³-hybridized carbons (Fsp3) is 0.273. The van der Waals surface area contributed by atoms with Gasteiger partial charge in [0.2, 0.25) is 11.8 Å². The molecule has 0 bridgehead atoms. The molecule has 0 saturated carbocycles. The van der Waals surface area contributed by atoms with E-state index in [0.717, 1.165) is 55.6 Å². The topological polar surface area (TPSA) is 61.6 Å². The zero-order valence-electron chi connectivity index (χ0n) is 16.0. The van der Waals surface area contributed by atoms with Crippen LogP contribution in [0, 0.1) is 0 Å². The molecule has 0 spiro atoms. The van der Waals surface area contributed by atoms with Crippen LogP contribution in [0.15, 0.2) is 65.2 Å². The quantitative estimate of drug-likeness (QED) is 0.737. The van der Waals surface area contributed by atoms with Crippen molar-refractivity contribution in [3.63, 3.8) is 0 Å². The summed E-state index contributed by atoms with van der Waals surface area (Å²) in [6, 6.07) is 18.1. The number of rotatable bonds is 5. The van der Waals surface area contributed by atoms with Gasteiger partial charge in [0.15, 0.2) is 5.76 Å². The average Bonchev–Trinajstić information content (AvgIpc) is 3.18. The lowest BCUT2D eigenvalue weighted by atomic mass is 10.2. The molecule has 2 aromatic carbocycles. The number of piperazine rings is 1. The third kappa shape index (κ3) is 4.40. The SMILES string of the molecule is CC(=O)Nc1ccc(N2CCN(Cc3ncc(-c4ccccc4)o3)CC2)cc1. The molecule has 1 aliphatic heterocycles. The Hall–Kier alpha value is -3.12. The lowest BCUT2D eigenvalue weighted by Crippen LogP contribution is -2.46. The van der Waals surface area contributed by atoms with Crippen molar-refractivity contribution >= 4 is 17.3 Å².